The molecule has 1 fully saturated rings. The average molecular weight is 527 g/mol. The Morgan fingerprint density at radius 2 is 2.09 bits per heavy atom. The van der Waals surface area contributed by atoms with Crippen molar-refractivity contribution in [3.63, 3.8) is 0 Å². The molecule has 1 amide bonds. The van der Waals surface area contributed by atoms with Crippen molar-refractivity contribution < 1.29 is 22.7 Å². The number of fused-ring (bicyclic) bond motifs is 1. The molecular weight excluding hydrogens is 500 g/mol. The maximum atomic E-state index is 13.5. The monoisotopic (exact) mass is 526 g/mol. The first-order chi connectivity index (χ1) is 15.8. The van der Waals surface area contributed by atoms with Gasteiger partial charge in [-0.15, -0.1) is 11.3 Å². The van der Waals surface area contributed by atoms with Crippen molar-refractivity contribution >= 4 is 45.0 Å². The first kappa shape index (κ1) is 24.9. The summed E-state index contributed by atoms with van der Waals surface area (Å²) in [5, 5.41) is 2.89. The normalized spacial score (nSPS) is 24.2. The molecule has 2 aromatic heterocycles. The summed E-state index contributed by atoms with van der Waals surface area (Å²) in [4.78, 5) is 22.9. The van der Waals surface area contributed by atoms with E-state index in [4.69, 9.17) is 26.1 Å². The second kappa shape index (κ2) is 8.78. The third-order valence-electron chi connectivity index (χ3n) is 5.47. The number of amides is 1. The van der Waals surface area contributed by atoms with Crippen LogP contribution in [0.1, 0.15) is 44.1 Å². The fourth-order valence-electron chi connectivity index (χ4n) is 4.02. The second-order valence-electron chi connectivity index (χ2n) is 9.34. The van der Waals surface area contributed by atoms with Gasteiger partial charge in [0.2, 0.25) is 11.4 Å². The smallest absolute Gasteiger partial charge is 0.414 e. The Balaban J connectivity index is 1.84. The van der Waals surface area contributed by atoms with Crippen LogP contribution in [0.2, 0.25) is 5.02 Å². The van der Waals surface area contributed by atoms with Gasteiger partial charge in [0.05, 0.1) is 9.90 Å². The van der Waals surface area contributed by atoms with Crippen molar-refractivity contribution in [2.45, 2.75) is 57.1 Å². The Bertz CT molecular complexity index is 1250. The largest absolute Gasteiger partial charge is 0.444 e. The number of hydrogen-bond acceptors (Lipinski definition) is 8. The van der Waals surface area contributed by atoms with Gasteiger partial charge in [-0.2, -0.15) is 0 Å². The number of nitrogens with one attached hydrogen (secondary N) is 1. The van der Waals surface area contributed by atoms with Crippen molar-refractivity contribution in [3.8, 4) is 10.4 Å². The molecule has 9 nitrogen and oxygen atoms in total. The van der Waals surface area contributed by atoms with Crippen LogP contribution in [0.4, 0.5) is 4.79 Å². The van der Waals surface area contributed by atoms with Crippen molar-refractivity contribution in [1.29, 1.82) is 0 Å². The van der Waals surface area contributed by atoms with Crippen molar-refractivity contribution in [2.24, 2.45) is 4.99 Å². The number of halogens is 1. The number of carbonyl (C=O) groups is 1. The van der Waals surface area contributed by atoms with E-state index in [1.54, 1.807) is 39.2 Å². The lowest BCUT2D eigenvalue weighted by Gasteiger charge is -2.45. The fourth-order valence-corrected chi connectivity index (χ4v) is 7.43. The van der Waals surface area contributed by atoms with Crippen LogP contribution in [0, 0.1) is 6.92 Å². The highest BCUT2D eigenvalue weighted by Crippen LogP contribution is 2.51. The molecular formula is C22H27ClN4O5S2. The third kappa shape index (κ3) is 4.53. The molecule has 0 aliphatic carbocycles. The van der Waals surface area contributed by atoms with Gasteiger partial charge in [-0.25, -0.2) is 22.5 Å². The number of nitrogens with zero attached hydrogens (tertiary/aromatic N) is 3. The molecule has 34 heavy (non-hydrogen) atoms. The molecule has 1 saturated heterocycles. The van der Waals surface area contributed by atoms with Gasteiger partial charge in [-0.3, -0.25) is 10.3 Å². The summed E-state index contributed by atoms with van der Waals surface area (Å²) in [7, 11) is -2.71. The van der Waals surface area contributed by atoms with E-state index in [0.717, 1.165) is 20.3 Å². The van der Waals surface area contributed by atoms with Crippen LogP contribution in [0.5, 0.6) is 0 Å². The Morgan fingerprint density at radius 1 is 1.35 bits per heavy atom. The summed E-state index contributed by atoms with van der Waals surface area (Å²) in [6.07, 6.45) is 3.65. The maximum absolute atomic E-state index is 13.5. The Hall–Kier alpha value is -2.21. The van der Waals surface area contributed by atoms with Gasteiger partial charge < -0.3 is 9.47 Å². The van der Waals surface area contributed by atoms with E-state index in [2.05, 4.69) is 10.3 Å². The molecule has 12 heteroatoms. The van der Waals surface area contributed by atoms with E-state index in [1.807, 2.05) is 13.0 Å². The molecule has 0 bridgehead atoms. The zero-order valence-corrected chi connectivity index (χ0v) is 22.0. The summed E-state index contributed by atoms with van der Waals surface area (Å²) in [6, 6.07) is 3.77. The van der Waals surface area contributed by atoms with Gasteiger partial charge in [0.25, 0.3) is 10.0 Å². The molecule has 0 aromatic carbocycles. The molecule has 4 heterocycles. The van der Waals surface area contributed by atoms with Gasteiger partial charge in [-0.05, 0) is 58.2 Å². The van der Waals surface area contributed by atoms with Crippen LogP contribution in [-0.2, 0) is 25.0 Å². The van der Waals surface area contributed by atoms with Crippen molar-refractivity contribution in [3.05, 3.63) is 40.0 Å². The van der Waals surface area contributed by atoms with Gasteiger partial charge in [0.15, 0.2) is 0 Å². The molecule has 0 spiro atoms. The topological polar surface area (TPSA) is 110 Å². The summed E-state index contributed by atoms with van der Waals surface area (Å²) in [5.74, 6) is -0.140. The van der Waals surface area contributed by atoms with Gasteiger partial charge in [0, 0.05) is 36.5 Å². The number of aryl methyl sites for hydroxylation is 1. The van der Waals surface area contributed by atoms with Gasteiger partial charge >= 0.3 is 6.09 Å². The quantitative estimate of drug-likeness (QED) is 0.626. The Kier molecular flexibility index (Phi) is 6.43. The molecule has 2 aliphatic rings. The summed E-state index contributed by atoms with van der Waals surface area (Å²) >= 11 is 8.05. The number of guanidine groups is 1. The predicted molar refractivity (Wildman–Crippen MR) is 131 cm³/mol. The lowest BCUT2D eigenvalue weighted by molar-refractivity contribution is 0.00288. The molecule has 2 aliphatic heterocycles. The number of rotatable bonds is 2. The standard InChI is InChI=1S/C22H27ClN4O5S2/c1-13-9-14(12-24-11-13)16-10-15(23)17(33-16)22-7-6-8-31-18(22)34(29,30)27(5)19(26-22)25-20(28)32-21(2,3)4/h9-12,18H,6-8H2,1-5H3,(H,25,26,28)/t18?,22-/m1/s1. The zero-order valence-electron chi connectivity index (χ0n) is 19.6. The molecule has 184 valence electrons. The SMILES string of the molecule is Cc1cncc(-c2cc(Cl)c([C@]34CCCOC3S(=O)(=O)N(C)C(NC(=O)OC(C)(C)C)=N4)s2)c1. The predicted octanol–water partition coefficient (Wildman–Crippen LogP) is 4.26. The average Bonchev–Trinajstić information content (AvgIpc) is 3.13. The van der Waals surface area contributed by atoms with E-state index in [0.29, 0.717) is 22.7 Å². The van der Waals surface area contributed by atoms with Crippen LogP contribution in [0.25, 0.3) is 10.4 Å². The van der Waals surface area contributed by atoms with Crippen molar-refractivity contribution in [1.82, 2.24) is 14.6 Å². The van der Waals surface area contributed by atoms with E-state index < -0.39 is 32.7 Å². The summed E-state index contributed by atoms with van der Waals surface area (Å²) in [6.45, 7) is 7.38. The molecule has 2 aromatic rings. The number of aliphatic imine (C=N–C) groups is 1. The molecule has 0 saturated carbocycles. The number of aromatic nitrogens is 1. The number of carbonyl (C=O) groups excluding carboxylic acids is 1. The highest BCUT2D eigenvalue weighted by Gasteiger charge is 2.57. The number of pyridine rings is 1. The minimum atomic E-state index is -4.04. The van der Waals surface area contributed by atoms with Crippen LogP contribution in [0.15, 0.2) is 29.5 Å². The lowest BCUT2D eigenvalue weighted by atomic mass is 9.90. The zero-order chi connectivity index (χ0) is 24.9. The second-order valence-corrected chi connectivity index (χ2v) is 12.8. The first-order valence-electron chi connectivity index (χ1n) is 10.7. The summed E-state index contributed by atoms with van der Waals surface area (Å²) in [5.41, 5.74) is -1.49. The van der Waals surface area contributed by atoms with E-state index >= 15 is 0 Å². The number of hydrogen-bond donors (Lipinski definition) is 1. The molecule has 0 radical (unpaired) electrons. The van der Waals surface area contributed by atoms with E-state index in [9.17, 15) is 13.2 Å². The number of alkyl carbamates (subject to hydrolysis) is 1. The minimum absolute atomic E-state index is 0.140. The Morgan fingerprint density at radius 3 is 2.76 bits per heavy atom. The minimum Gasteiger partial charge on any atom is -0.444 e. The highest BCUT2D eigenvalue weighted by atomic mass is 35.5. The van der Waals surface area contributed by atoms with E-state index in [-0.39, 0.29) is 12.6 Å². The fraction of sp³-hybridized carbons (Fsp3) is 0.500. The molecule has 1 unspecified atom stereocenters. The van der Waals surface area contributed by atoms with Gasteiger partial charge in [0.1, 0.15) is 11.1 Å². The van der Waals surface area contributed by atoms with Crippen molar-refractivity contribution in [2.75, 3.05) is 13.7 Å². The van der Waals surface area contributed by atoms with Crippen LogP contribution in [-0.4, -0.2) is 54.5 Å². The summed E-state index contributed by atoms with van der Waals surface area (Å²) < 4.78 is 39.1. The molecule has 1 N–H and O–H groups in total. The third-order valence-corrected chi connectivity index (χ3v) is 9.23. The van der Waals surface area contributed by atoms with E-state index in [1.165, 1.54) is 18.4 Å². The van der Waals surface area contributed by atoms with Crippen LogP contribution >= 0.6 is 22.9 Å². The van der Waals surface area contributed by atoms with Crippen LogP contribution < -0.4 is 5.32 Å². The maximum Gasteiger partial charge on any atom is 0.414 e. The van der Waals surface area contributed by atoms with Gasteiger partial charge in [-0.1, -0.05) is 11.6 Å². The van der Waals surface area contributed by atoms with Crippen LogP contribution in [0.3, 0.4) is 0 Å². The highest BCUT2D eigenvalue weighted by molar-refractivity contribution is 7.90. The first-order valence-corrected chi connectivity index (χ1v) is 13.4. The molecule has 2 atom stereocenters. The Labute approximate surface area is 208 Å². The lowest BCUT2D eigenvalue weighted by Crippen LogP contribution is -2.61. The number of sulfonamides is 1. The molecule has 4 rings (SSSR count). The number of ether oxygens (including phenoxy) is 2. The number of thiophene rings is 1.